The first kappa shape index (κ1) is 22.1. The van der Waals surface area contributed by atoms with Crippen molar-refractivity contribution in [2.75, 3.05) is 37.7 Å². The highest BCUT2D eigenvalue weighted by molar-refractivity contribution is 9.10. The van der Waals surface area contributed by atoms with Crippen LogP contribution in [0.4, 0.5) is 5.69 Å². The van der Waals surface area contributed by atoms with Gasteiger partial charge in [0.1, 0.15) is 5.75 Å². The second kappa shape index (κ2) is 9.06. The van der Waals surface area contributed by atoms with Gasteiger partial charge in [0.05, 0.1) is 17.2 Å². The van der Waals surface area contributed by atoms with Gasteiger partial charge in [0, 0.05) is 30.7 Å². The molecule has 7 heteroatoms. The minimum atomic E-state index is -3.55. The van der Waals surface area contributed by atoms with Crippen LogP contribution >= 0.6 is 15.9 Å². The van der Waals surface area contributed by atoms with Crippen molar-refractivity contribution < 1.29 is 13.2 Å². The molecule has 0 spiro atoms. The Morgan fingerprint density at radius 2 is 1.76 bits per heavy atom. The lowest BCUT2D eigenvalue weighted by atomic mass is 10.0. The summed E-state index contributed by atoms with van der Waals surface area (Å²) in [6.45, 7) is 10.7. The van der Waals surface area contributed by atoms with Gasteiger partial charge in [0.15, 0.2) is 0 Å². The molecule has 0 aromatic heterocycles. The second-order valence-electron chi connectivity index (χ2n) is 7.59. The molecule has 3 rings (SSSR count). The molecule has 0 bridgehead atoms. The smallest absolute Gasteiger partial charge is 0.243 e. The van der Waals surface area contributed by atoms with Crippen molar-refractivity contribution in [3.63, 3.8) is 0 Å². The first-order valence-electron chi connectivity index (χ1n) is 10.0. The quantitative estimate of drug-likeness (QED) is 0.596. The van der Waals surface area contributed by atoms with Crippen LogP contribution in [0.25, 0.3) is 0 Å². The van der Waals surface area contributed by atoms with Gasteiger partial charge < -0.3 is 9.64 Å². The zero-order valence-electron chi connectivity index (χ0n) is 17.5. The Hall–Kier alpha value is -1.57. The molecule has 1 heterocycles. The Morgan fingerprint density at radius 3 is 2.38 bits per heavy atom. The van der Waals surface area contributed by atoms with Crippen LogP contribution in [0.1, 0.15) is 37.8 Å². The fourth-order valence-corrected chi connectivity index (χ4v) is 5.85. The number of para-hydroxylation sites is 2. The van der Waals surface area contributed by atoms with E-state index < -0.39 is 10.0 Å². The standard InChI is InChI=1S/C22H29BrN2O3S/c1-5-28-21-9-7-6-8-20(21)24-10-12-25(13-11-24)29(26,27)22-14-17(4)19(23)15-18(22)16(2)3/h6-9,14-16H,5,10-13H2,1-4H3. The van der Waals surface area contributed by atoms with Gasteiger partial charge in [-0.05, 0) is 55.2 Å². The minimum absolute atomic E-state index is 0.121. The maximum absolute atomic E-state index is 13.5. The third-order valence-corrected chi connectivity index (χ3v) is 8.08. The molecular weight excluding hydrogens is 452 g/mol. The summed E-state index contributed by atoms with van der Waals surface area (Å²) in [5, 5.41) is 0. The summed E-state index contributed by atoms with van der Waals surface area (Å²) in [4.78, 5) is 2.63. The Balaban J connectivity index is 1.83. The number of halogens is 1. The number of hydrogen-bond acceptors (Lipinski definition) is 4. The van der Waals surface area contributed by atoms with Crippen LogP contribution in [0.3, 0.4) is 0 Å². The Labute approximate surface area is 182 Å². The third kappa shape index (κ3) is 4.62. The molecule has 29 heavy (non-hydrogen) atoms. The summed E-state index contributed by atoms with van der Waals surface area (Å²) < 4.78 is 35.2. The SMILES string of the molecule is CCOc1ccccc1N1CCN(S(=O)(=O)c2cc(C)c(Br)cc2C(C)C)CC1. The number of sulfonamides is 1. The third-order valence-electron chi connectivity index (χ3n) is 5.28. The van der Waals surface area contributed by atoms with Crippen molar-refractivity contribution in [2.45, 2.75) is 38.5 Å². The second-order valence-corrected chi connectivity index (χ2v) is 10.3. The fourth-order valence-electron chi connectivity index (χ4n) is 3.65. The van der Waals surface area contributed by atoms with Gasteiger partial charge in [-0.3, -0.25) is 0 Å². The van der Waals surface area contributed by atoms with Crippen LogP contribution in [0.5, 0.6) is 5.75 Å². The van der Waals surface area contributed by atoms with Crippen LogP contribution in [0.2, 0.25) is 0 Å². The van der Waals surface area contributed by atoms with Crippen LogP contribution in [0, 0.1) is 6.92 Å². The first-order chi connectivity index (χ1) is 13.8. The number of anilines is 1. The predicted octanol–water partition coefficient (Wildman–Crippen LogP) is 4.79. The molecule has 158 valence electrons. The van der Waals surface area contributed by atoms with Crippen LogP contribution in [-0.2, 0) is 10.0 Å². The summed E-state index contributed by atoms with van der Waals surface area (Å²) in [6, 6.07) is 11.7. The highest BCUT2D eigenvalue weighted by Crippen LogP contribution is 2.33. The molecule has 2 aromatic rings. The molecular formula is C22H29BrN2O3S. The van der Waals surface area contributed by atoms with Gasteiger partial charge in [-0.25, -0.2) is 8.42 Å². The average molecular weight is 481 g/mol. The van der Waals surface area contributed by atoms with Crippen LogP contribution in [-0.4, -0.2) is 45.5 Å². The van der Waals surface area contributed by atoms with Gasteiger partial charge in [0.2, 0.25) is 10.0 Å². The molecule has 0 aliphatic carbocycles. The lowest BCUT2D eigenvalue weighted by Crippen LogP contribution is -2.49. The number of nitrogens with zero attached hydrogens (tertiary/aromatic N) is 2. The largest absolute Gasteiger partial charge is 0.492 e. The van der Waals surface area contributed by atoms with E-state index in [0.717, 1.165) is 27.0 Å². The number of piperazine rings is 1. The maximum Gasteiger partial charge on any atom is 0.243 e. The van der Waals surface area contributed by atoms with E-state index in [1.165, 1.54) is 0 Å². The van der Waals surface area contributed by atoms with Crippen molar-refractivity contribution in [2.24, 2.45) is 0 Å². The zero-order chi connectivity index (χ0) is 21.2. The highest BCUT2D eigenvalue weighted by atomic mass is 79.9. The number of benzene rings is 2. The van der Waals surface area contributed by atoms with Crippen LogP contribution < -0.4 is 9.64 Å². The number of rotatable bonds is 6. The van der Waals surface area contributed by atoms with E-state index in [1.807, 2.05) is 58.0 Å². The molecule has 0 saturated carbocycles. The van der Waals surface area contributed by atoms with E-state index >= 15 is 0 Å². The molecule has 0 radical (unpaired) electrons. The lowest BCUT2D eigenvalue weighted by molar-refractivity contribution is 0.336. The molecule has 0 atom stereocenters. The predicted molar refractivity (Wildman–Crippen MR) is 122 cm³/mol. The Bertz CT molecular complexity index is 968. The fraction of sp³-hybridized carbons (Fsp3) is 0.455. The Kier molecular flexibility index (Phi) is 6.91. The molecule has 0 amide bonds. The minimum Gasteiger partial charge on any atom is -0.492 e. The molecule has 5 nitrogen and oxygen atoms in total. The molecule has 1 fully saturated rings. The zero-order valence-corrected chi connectivity index (χ0v) is 19.9. The van der Waals surface area contributed by atoms with E-state index in [9.17, 15) is 8.42 Å². The van der Waals surface area contributed by atoms with Crippen molar-refractivity contribution >= 4 is 31.6 Å². The van der Waals surface area contributed by atoms with E-state index in [-0.39, 0.29) is 5.92 Å². The summed E-state index contributed by atoms with van der Waals surface area (Å²) in [5.74, 6) is 0.966. The summed E-state index contributed by atoms with van der Waals surface area (Å²) in [6.07, 6.45) is 0. The van der Waals surface area contributed by atoms with Crippen LogP contribution in [0.15, 0.2) is 45.8 Å². The molecule has 2 aromatic carbocycles. The Morgan fingerprint density at radius 1 is 1.10 bits per heavy atom. The van der Waals surface area contributed by atoms with Crippen molar-refractivity contribution in [3.05, 3.63) is 52.0 Å². The molecule has 0 N–H and O–H groups in total. The van der Waals surface area contributed by atoms with Gasteiger partial charge in [0.25, 0.3) is 0 Å². The van der Waals surface area contributed by atoms with E-state index in [0.29, 0.717) is 37.7 Å². The number of ether oxygens (including phenoxy) is 1. The molecule has 1 aliphatic rings. The summed E-state index contributed by atoms with van der Waals surface area (Å²) in [5.41, 5.74) is 2.80. The maximum atomic E-state index is 13.5. The van der Waals surface area contributed by atoms with E-state index in [2.05, 4.69) is 20.8 Å². The lowest BCUT2D eigenvalue weighted by Gasteiger charge is -2.36. The van der Waals surface area contributed by atoms with Crippen molar-refractivity contribution in [3.8, 4) is 5.75 Å². The van der Waals surface area contributed by atoms with Gasteiger partial charge in [-0.1, -0.05) is 41.9 Å². The van der Waals surface area contributed by atoms with Gasteiger partial charge in [-0.2, -0.15) is 4.31 Å². The number of hydrogen-bond donors (Lipinski definition) is 0. The molecule has 0 unspecified atom stereocenters. The topological polar surface area (TPSA) is 49.9 Å². The van der Waals surface area contributed by atoms with Crippen molar-refractivity contribution in [1.29, 1.82) is 0 Å². The van der Waals surface area contributed by atoms with E-state index in [1.54, 1.807) is 10.4 Å². The summed E-state index contributed by atoms with van der Waals surface area (Å²) in [7, 11) is -3.55. The normalized spacial score (nSPS) is 15.7. The molecule has 1 saturated heterocycles. The highest BCUT2D eigenvalue weighted by Gasteiger charge is 2.32. The monoisotopic (exact) mass is 480 g/mol. The molecule has 1 aliphatic heterocycles. The number of aryl methyl sites for hydroxylation is 1. The average Bonchev–Trinajstić information content (AvgIpc) is 2.70. The first-order valence-corrected chi connectivity index (χ1v) is 12.3. The van der Waals surface area contributed by atoms with Gasteiger partial charge >= 0.3 is 0 Å². The van der Waals surface area contributed by atoms with Crippen molar-refractivity contribution in [1.82, 2.24) is 4.31 Å². The van der Waals surface area contributed by atoms with E-state index in [4.69, 9.17) is 4.74 Å². The van der Waals surface area contributed by atoms with Gasteiger partial charge in [-0.15, -0.1) is 0 Å². The summed E-state index contributed by atoms with van der Waals surface area (Å²) >= 11 is 3.54.